The first-order chi connectivity index (χ1) is 28.4. The summed E-state index contributed by atoms with van der Waals surface area (Å²) in [6, 6.07) is 67.7. The molecule has 0 aliphatic rings. The molecule has 8 aromatic carbocycles. The monoisotopic (exact) mass is 748 g/mol. The van der Waals surface area contributed by atoms with Gasteiger partial charge in [-0.2, -0.15) is 0 Å². The molecule has 282 valence electrons. The van der Waals surface area contributed by atoms with Gasteiger partial charge < -0.3 is 9.13 Å². The number of aryl methyl sites for hydroxylation is 2. The maximum absolute atomic E-state index is 2.41. The van der Waals surface area contributed by atoms with Crippen LogP contribution in [0.15, 0.2) is 182 Å². The lowest BCUT2D eigenvalue weighted by molar-refractivity contribution is 0.544. The predicted molar refractivity (Wildman–Crippen MR) is 248 cm³/mol. The summed E-state index contributed by atoms with van der Waals surface area (Å²) in [6.45, 7) is 9.06. The average Bonchev–Trinajstić information content (AvgIpc) is 3.78. The number of fused-ring (bicyclic) bond motifs is 6. The highest BCUT2D eigenvalue weighted by Crippen LogP contribution is 2.37. The van der Waals surface area contributed by atoms with Crippen LogP contribution in [0.5, 0.6) is 0 Å². The SMILES string of the molecule is CCC(CC(C)c1ccc(-c2cccc(-n3c4ccccc4c4ccccc43)c2)cc1)c1ccc(-c2ccc(-n3c4ccc(C)cc4c4cc(C)ccc43)cc2)cc1. The Morgan fingerprint density at radius 3 is 1.45 bits per heavy atom. The zero-order valence-electron chi connectivity index (χ0n) is 33.8. The van der Waals surface area contributed by atoms with E-state index in [1.807, 2.05) is 0 Å². The minimum absolute atomic E-state index is 0.448. The van der Waals surface area contributed by atoms with Crippen LogP contribution in [0, 0.1) is 13.8 Å². The molecule has 2 unspecified atom stereocenters. The fraction of sp³-hybridized carbons (Fsp3) is 0.143. The molecule has 0 bridgehead atoms. The van der Waals surface area contributed by atoms with E-state index in [0.29, 0.717) is 11.8 Å². The second-order valence-corrected chi connectivity index (χ2v) is 16.3. The summed E-state index contributed by atoms with van der Waals surface area (Å²) in [4.78, 5) is 0. The smallest absolute Gasteiger partial charge is 0.0541 e. The third-order valence-corrected chi connectivity index (χ3v) is 12.5. The van der Waals surface area contributed by atoms with Crippen molar-refractivity contribution in [3.05, 3.63) is 204 Å². The van der Waals surface area contributed by atoms with E-state index >= 15 is 0 Å². The van der Waals surface area contributed by atoms with Crippen LogP contribution in [-0.4, -0.2) is 9.13 Å². The van der Waals surface area contributed by atoms with Crippen LogP contribution in [-0.2, 0) is 0 Å². The minimum atomic E-state index is 0.448. The molecule has 2 aromatic heterocycles. The lowest BCUT2D eigenvalue weighted by Gasteiger charge is -2.21. The maximum atomic E-state index is 2.41. The van der Waals surface area contributed by atoms with E-state index in [9.17, 15) is 0 Å². The zero-order chi connectivity index (χ0) is 39.3. The predicted octanol–water partition coefficient (Wildman–Crippen LogP) is 15.5. The molecular formula is C56H48N2. The Kier molecular flexibility index (Phi) is 9.06. The Labute approximate surface area is 341 Å². The van der Waals surface area contributed by atoms with Gasteiger partial charge in [-0.1, -0.05) is 146 Å². The number of benzene rings is 8. The zero-order valence-corrected chi connectivity index (χ0v) is 33.8. The molecule has 10 rings (SSSR count). The molecule has 0 radical (unpaired) electrons. The van der Waals surface area contributed by atoms with Crippen molar-refractivity contribution in [2.45, 2.75) is 52.4 Å². The molecule has 2 nitrogen and oxygen atoms in total. The number of rotatable bonds is 9. The summed E-state index contributed by atoms with van der Waals surface area (Å²) in [5, 5.41) is 5.20. The van der Waals surface area contributed by atoms with Crippen molar-refractivity contribution in [2.24, 2.45) is 0 Å². The summed E-state index contributed by atoms with van der Waals surface area (Å²) >= 11 is 0. The number of hydrogen-bond donors (Lipinski definition) is 0. The summed E-state index contributed by atoms with van der Waals surface area (Å²) in [7, 11) is 0. The van der Waals surface area contributed by atoms with Gasteiger partial charge in [0.1, 0.15) is 0 Å². The first kappa shape index (κ1) is 35.8. The molecule has 0 spiro atoms. The summed E-state index contributed by atoms with van der Waals surface area (Å²) in [5.41, 5.74) is 17.7. The molecule has 0 fully saturated rings. The van der Waals surface area contributed by atoms with Gasteiger partial charge in [0.25, 0.3) is 0 Å². The number of nitrogens with zero attached hydrogens (tertiary/aromatic N) is 2. The fourth-order valence-corrected chi connectivity index (χ4v) is 9.41. The largest absolute Gasteiger partial charge is 0.309 e. The first-order valence-corrected chi connectivity index (χ1v) is 20.8. The van der Waals surface area contributed by atoms with Gasteiger partial charge in [-0.15, -0.1) is 0 Å². The molecule has 0 N–H and O–H groups in total. The third kappa shape index (κ3) is 6.30. The normalized spacial score (nSPS) is 12.8. The second kappa shape index (κ2) is 14.7. The topological polar surface area (TPSA) is 9.86 Å². The second-order valence-electron chi connectivity index (χ2n) is 16.3. The highest BCUT2D eigenvalue weighted by Gasteiger charge is 2.18. The molecule has 0 aliphatic heterocycles. The van der Waals surface area contributed by atoms with Crippen LogP contribution in [0.3, 0.4) is 0 Å². The summed E-state index contributed by atoms with van der Waals surface area (Å²) < 4.78 is 4.80. The molecule has 2 heterocycles. The van der Waals surface area contributed by atoms with Crippen molar-refractivity contribution in [3.63, 3.8) is 0 Å². The van der Waals surface area contributed by atoms with Gasteiger partial charge in [-0.3, -0.25) is 0 Å². The molecule has 2 atom stereocenters. The van der Waals surface area contributed by atoms with Crippen molar-refractivity contribution in [1.82, 2.24) is 9.13 Å². The molecule has 2 heteroatoms. The first-order valence-electron chi connectivity index (χ1n) is 20.8. The van der Waals surface area contributed by atoms with E-state index in [-0.39, 0.29) is 0 Å². The molecule has 10 aromatic rings. The van der Waals surface area contributed by atoms with Crippen LogP contribution in [0.2, 0.25) is 0 Å². The summed E-state index contributed by atoms with van der Waals surface area (Å²) in [6.07, 6.45) is 2.23. The highest BCUT2D eigenvalue weighted by molar-refractivity contribution is 6.10. The average molecular weight is 749 g/mol. The number of hydrogen-bond acceptors (Lipinski definition) is 0. The van der Waals surface area contributed by atoms with E-state index in [0.717, 1.165) is 12.8 Å². The Balaban J connectivity index is 0.850. The lowest BCUT2D eigenvalue weighted by Crippen LogP contribution is -2.04. The van der Waals surface area contributed by atoms with E-state index in [4.69, 9.17) is 0 Å². The minimum Gasteiger partial charge on any atom is -0.309 e. The van der Waals surface area contributed by atoms with Gasteiger partial charge in [-0.05, 0) is 133 Å². The van der Waals surface area contributed by atoms with Gasteiger partial charge in [0.05, 0.1) is 22.1 Å². The standard InChI is InChI=1S/C56H48N2/c1-5-40(42-23-25-43(26-24-42)44-27-29-47(30-28-44)57-55-31-17-37(2)33-51(55)52-34-38(3)18-32-56(52)57)35-39(4)41-19-21-45(22-20-41)46-11-10-12-48(36-46)58-53-15-8-6-13-49(53)50-14-7-9-16-54(50)58/h6-34,36,39-40H,5,35H2,1-4H3. The van der Waals surface area contributed by atoms with E-state index in [1.54, 1.807) is 0 Å². The van der Waals surface area contributed by atoms with Gasteiger partial charge >= 0.3 is 0 Å². The van der Waals surface area contributed by atoms with Crippen molar-refractivity contribution in [3.8, 4) is 33.6 Å². The van der Waals surface area contributed by atoms with Gasteiger partial charge in [0.2, 0.25) is 0 Å². The van der Waals surface area contributed by atoms with Crippen LogP contribution in [0.25, 0.3) is 77.2 Å². The van der Waals surface area contributed by atoms with Gasteiger partial charge in [-0.25, -0.2) is 0 Å². The van der Waals surface area contributed by atoms with E-state index in [2.05, 4.69) is 219 Å². The Bertz CT molecular complexity index is 2970. The lowest BCUT2D eigenvalue weighted by atomic mass is 9.84. The van der Waals surface area contributed by atoms with Gasteiger partial charge in [0.15, 0.2) is 0 Å². The Morgan fingerprint density at radius 1 is 0.397 bits per heavy atom. The molecular weight excluding hydrogens is 701 g/mol. The molecule has 0 saturated heterocycles. The fourth-order valence-electron chi connectivity index (χ4n) is 9.41. The van der Waals surface area contributed by atoms with E-state index < -0.39 is 0 Å². The van der Waals surface area contributed by atoms with Crippen molar-refractivity contribution in [2.75, 3.05) is 0 Å². The van der Waals surface area contributed by atoms with Crippen molar-refractivity contribution >= 4 is 43.6 Å². The molecule has 0 saturated carbocycles. The number of para-hydroxylation sites is 2. The van der Waals surface area contributed by atoms with Gasteiger partial charge in [0, 0.05) is 32.9 Å². The van der Waals surface area contributed by atoms with Crippen molar-refractivity contribution < 1.29 is 0 Å². The molecule has 0 amide bonds. The van der Waals surface area contributed by atoms with Crippen LogP contribution < -0.4 is 0 Å². The van der Waals surface area contributed by atoms with Crippen LogP contribution in [0.4, 0.5) is 0 Å². The maximum Gasteiger partial charge on any atom is 0.0541 e. The highest BCUT2D eigenvalue weighted by atomic mass is 15.0. The molecule has 0 aliphatic carbocycles. The Hall–Kier alpha value is -6.64. The quantitative estimate of drug-likeness (QED) is 0.139. The number of aromatic nitrogens is 2. The summed E-state index contributed by atoms with van der Waals surface area (Å²) in [5.74, 6) is 0.945. The Morgan fingerprint density at radius 2 is 0.879 bits per heavy atom. The molecule has 58 heavy (non-hydrogen) atoms. The van der Waals surface area contributed by atoms with Crippen LogP contribution >= 0.6 is 0 Å². The van der Waals surface area contributed by atoms with Crippen molar-refractivity contribution in [1.29, 1.82) is 0 Å². The third-order valence-electron chi connectivity index (χ3n) is 12.5. The van der Waals surface area contributed by atoms with E-state index in [1.165, 1.54) is 99.5 Å². The van der Waals surface area contributed by atoms with Crippen LogP contribution in [0.1, 0.15) is 60.8 Å².